The molecule has 8 aromatic carbocycles. The number of methoxy groups -OCH3 is 3. The van der Waals surface area contributed by atoms with E-state index in [2.05, 4.69) is 20.2 Å². The Morgan fingerprint density at radius 3 is 1.32 bits per heavy atom. The Hall–Kier alpha value is -10.3. The lowest BCUT2D eigenvalue weighted by atomic mass is 10.0. The molecule has 0 spiro atoms. The summed E-state index contributed by atoms with van der Waals surface area (Å²) in [5, 5.41) is 4.51. The zero-order valence-corrected chi connectivity index (χ0v) is 60.8. The number of hydrogen-bond donors (Lipinski definition) is 1. The third kappa shape index (κ3) is 23.6. The van der Waals surface area contributed by atoms with Gasteiger partial charge >= 0.3 is 0 Å². The number of benzene rings is 8. The molecule has 17 nitrogen and oxygen atoms in total. The second kappa shape index (κ2) is 41.1. The average Bonchev–Trinajstić information content (AvgIpc) is 0.843. The Labute approximate surface area is 621 Å². The Bertz CT molecular complexity index is 4080. The van der Waals surface area contributed by atoms with E-state index in [4.69, 9.17) is 56.4 Å². The summed E-state index contributed by atoms with van der Waals surface area (Å²) in [4.78, 5) is 56.7. The molecule has 2 aliphatic heterocycles. The standard InChI is InChI=1S/C29H33ClN2O3.C28H31ClN2O4.C28H27N3O3/c1-34-28-19-23(14-15-27(28)35-21-22-9-3-2-4-10-22)20-32(18-16-24-11-7-8-17-31-24)29(33)25-12-5-6-13-26(25)30;1-33-27-19-23(11-12-26(27)35-21-22-7-3-2-4-8-22)20-31(14-13-30-15-17-34-18-16-30)28(32)24-9-5-6-10-25(24)29;1-33-27-19-23(13-14-26(27)34-21-22-9-3-2-4-10-22)20-31(18-15-24-11-5-7-16-29-24)28(32)25-12-6-8-17-30-25/h2-6,9-10,12-15,19,24,31H,7-8,11,16-18,20-21H2,1H3;2-12,19H,13-18,20-21H2,1H3;2-14,16-17,19H,15,18,20-21H2,1H3. The van der Waals surface area contributed by atoms with Crippen LogP contribution in [0.15, 0.2) is 243 Å². The molecular weight excluding hydrogens is 1350 g/mol. The largest absolute Gasteiger partial charge is 0.493 e. The average molecular weight is 1440 g/mol. The summed E-state index contributed by atoms with van der Waals surface area (Å²) in [6.45, 7) is 9.42. The van der Waals surface area contributed by atoms with Gasteiger partial charge in [-0.05, 0) is 144 Å². The van der Waals surface area contributed by atoms with Crippen molar-refractivity contribution in [2.45, 2.75) is 77.6 Å². The SMILES string of the molecule is COc1cc(CN(CCC2CCCCN2)C(=O)c2ccccc2Cl)ccc1OCc1ccccc1.COc1cc(CN(CCN2CCOCC2)C(=O)c2ccccc2Cl)ccc1OCc1ccccc1.COc1cc(CN(CCc2ccccn2)C(=O)c2ccccn2)ccc1OCc1ccccc1. The number of ether oxygens (including phenoxy) is 7. The van der Waals surface area contributed by atoms with Crippen LogP contribution in [0, 0.1) is 0 Å². The van der Waals surface area contributed by atoms with Gasteiger partial charge in [0.1, 0.15) is 25.5 Å². The maximum atomic E-state index is 13.5. The molecule has 12 rings (SSSR count). The summed E-state index contributed by atoms with van der Waals surface area (Å²) in [7, 11) is 4.88. The van der Waals surface area contributed by atoms with Gasteiger partial charge in [-0.3, -0.25) is 29.3 Å². The molecule has 1 atom stereocenters. The lowest BCUT2D eigenvalue weighted by Crippen LogP contribution is -2.43. The van der Waals surface area contributed by atoms with Gasteiger partial charge in [-0.25, -0.2) is 0 Å². The lowest BCUT2D eigenvalue weighted by molar-refractivity contribution is 0.0320. The van der Waals surface area contributed by atoms with E-state index in [1.54, 1.807) is 75.0 Å². The molecule has 3 amide bonds. The summed E-state index contributed by atoms with van der Waals surface area (Å²) in [5.41, 5.74) is 8.50. The van der Waals surface area contributed by atoms with E-state index in [1.807, 2.05) is 204 Å². The molecule has 1 unspecified atom stereocenters. The number of nitrogens with one attached hydrogen (secondary N) is 1. The second-order valence-electron chi connectivity index (χ2n) is 25.1. The Morgan fingerprint density at radius 2 is 0.894 bits per heavy atom. The molecule has 19 heteroatoms. The van der Waals surface area contributed by atoms with Crippen LogP contribution in [-0.2, 0) is 50.6 Å². The van der Waals surface area contributed by atoms with Crippen LogP contribution in [-0.4, -0.2) is 134 Å². The van der Waals surface area contributed by atoms with Gasteiger partial charge in [-0.15, -0.1) is 0 Å². The smallest absolute Gasteiger partial charge is 0.272 e. The first-order valence-electron chi connectivity index (χ1n) is 35.2. The predicted molar refractivity (Wildman–Crippen MR) is 408 cm³/mol. The van der Waals surface area contributed by atoms with Crippen LogP contribution in [0.5, 0.6) is 34.5 Å². The van der Waals surface area contributed by atoms with Gasteiger partial charge in [0.25, 0.3) is 17.7 Å². The van der Waals surface area contributed by atoms with Crippen molar-refractivity contribution in [3.05, 3.63) is 309 Å². The number of rotatable bonds is 30. The highest BCUT2D eigenvalue weighted by atomic mass is 35.5. The summed E-state index contributed by atoms with van der Waals surface area (Å²) in [6, 6.07) is 73.4. The van der Waals surface area contributed by atoms with Crippen molar-refractivity contribution in [1.82, 2.24) is 34.9 Å². The van der Waals surface area contributed by atoms with Crippen molar-refractivity contribution in [3.63, 3.8) is 0 Å². The number of aromatic nitrogens is 2. The molecule has 2 aromatic heterocycles. The first-order valence-corrected chi connectivity index (χ1v) is 36.0. The minimum atomic E-state index is -0.125. The zero-order chi connectivity index (χ0) is 72.5. The first kappa shape index (κ1) is 76.4. The predicted octanol–water partition coefficient (Wildman–Crippen LogP) is 16.0. The van der Waals surface area contributed by atoms with Crippen LogP contribution in [0.2, 0.25) is 10.0 Å². The van der Waals surface area contributed by atoms with Crippen molar-refractivity contribution in [1.29, 1.82) is 0 Å². The van der Waals surface area contributed by atoms with Gasteiger partial charge in [0, 0.05) is 89.5 Å². The number of pyridine rings is 2. The second-order valence-corrected chi connectivity index (χ2v) is 25.9. The highest BCUT2D eigenvalue weighted by molar-refractivity contribution is 6.34. The molecular formula is C85H91Cl2N7O10. The van der Waals surface area contributed by atoms with Crippen LogP contribution in [0.1, 0.15) is 96.0 Å². The zero-order valence-electron chi connectivity index (χ0n) is 59.3. The maximum absolute atomic E-state index is 13.5. The summed E-state index contributed by atoms with van der Waals surface area (Å²) < 4.78 is 40.2. The van der Waals surface area contributed by atoms with Crippen LogP contribution in [0.3, 0.4) is 0 Å². The van der Waals surface area contributed by atoms with Gasteiger partial charge in [0.05, 0.1) is 55.7 Å². The molecule has 0 aliphatic carbocycles. The van der Waals surface area contributed by atoms with Gasteiger partial charge in [0.15, 0.2) is 34.5 Å². The highest BCUT2D eigenvalue weighted by Gasteiger charge is 2.25. The van der Waals surface area contributed by atoms with Crippen LogP contribution >= 0.6 is 23.2 Å². The molecule has 10 aromatic rings. The Morgan fingerprint density at radius 1 is 0.462 bits per heavy atom. The fourth-order valence-electron chi connectivity index (χ4n) is 12.0. The minimum absolute atomic E-state index is 0.0604. The number of piperidine rings is 1. The molecule has 2 saturated heterocycles. The monoisotopic (exact) mass is 1440 g/mol. The fraction of sp³-hybridized carbons (Fsp3) is 0.282. The summed E-state index contributed by atoms with van der Waals surface area (Å²) in [5.74, 6) is 3.64. The number of hydrogen-bond acceptors (Lipinski definition) is 14. The van der Waals surface area contributed by atoms with Crippen molar-refractivity contribution < 1.29 is 47.5 Å². The molecule has 104 heavy (non-hydrogen) atoms. The minimum Gasteiger partial charge on any atom is -0.493 e. The molecule has 4 heterocycles. The summed E-state index contributed by atoms with van der Waals surface area (Å²) in [6.07, 6.45) is 8.55. The van der Waals surface area contributed by atoms with Crippen LogP contribution < -0.4 is 33.7 Å². The Kier molecular flexibility index (Phi) is 30.2. The number of morpholine rings is 1. The van der Waals surface area contributed by atoms with E-state index < -0.39 is 0 Å². The van der Waals surface area contributed by atoms with Gasteiger partial charge in [-0.1, -0.05) is 175 Å². The van der Waals surface area contributed by atoms with Crippen molar-refractivity contribution in [3.8, 4) is 34.5 Å². The van der Waals surface area contributed by atoms with Gasteiger partial charge in [0.2, 0.25) is 0 Å². The first-order chi connectivity index (χ1) is 51.0. The van der Waals surface area contributed by atoms with Crippen molar-refractivity contribution in [2.24, 2.45) is 0 Å². The molecule has 0 radical (unpaired) electrons. The maximum Gasteiger partial charge on any atom is 0.272 e. The topological polar surface area (TPSA) is 167 Å². The van der Waals surface area contributed by atoms with E-state index in [0.717, 1.165) is 91.3 Å². The lowest BCUT2D eigenvalue weighted by Gasteiger charge is -2.30. The number of halogens is 2. The number of carbonyl (C=O) groups is 3. The number of amides is 3. The van der Waals surface area contributed by atoms with E-state index >= 15 is 0 Å². The highest BCUT2D eigenvalue weighted by Crippen LogP contribution is 2.33. The molecule has 0 bridgehead atoms. The molecule has 0 saturated carbocycles. The quantitative estimate of drug-likeness (QED) is 0.0452. The van der Waals surface area contributed by atoms with Gasteiger partial charge in [-0.2, -0.15) is 0 Å². The third-order valence-corrected chi connectivity index (χ3v) is 18.4. The molecule has 1 N–H and O–H groups in total. The van der Waals surface area contributed by atoms with Crippen LogP contribution in [0.25, 0.3) is 0 Å². The Balaban J connectivity index is 0.000000167. The van der Waals surface area contributed by atoms with Crippen molar-refractivity contribution in [2.75, 3.05) is 80.4 Å². The molecule has 2 aliphatic rings. The molecule has 2 fully saturated rings. The fourth-order valence-corrected chi connectivity index (χ4v) is 12.5. The third-order valence-electron chi connectivity index (χ3n) is 17.8. The van der Waals surface area contributed by atoms with E-state index in [-0.39, 0.29) is 17.7 Å². The van der Waals surface area contributed by atoms with E-state index in [1.165, 1.54) is 12.8 Å². The molecule has 540 valence electrons. The van der Waals surface area contributed by atoms with Gasteiger partial charge < -0.3 is 53.2 Å². The van der Waals surface area contributed by atoms with Crippen molar-refractivity contribution >= 4 is 40.9 Å². The number of carbonyl (C=O) groups excluding carboxylic acids is 3. The summed E-state index contributed by atoms with van der Waals surface area (Å²) >= 11 is 12.7. The van der Waals surface area contributed by atoms with E-state index in [0.29, 0.717) is 133 Å². The normalized spacial score (nSPS) is 13.3. The van der Waals surface area contributed by atoms with Crippen LogP contribution in [0.4, 0.5) is 0 Å². The van der Waals surface area contributed by atoms with E-state index in [9.17, 15) is 14.4 Å². The number of nitrogens with zero attached hydrogens (tertiary/aromatic N) is 6.